The van der Waals surface area contributed by atoms with Gasteiger partial charge in [-0.2, -0.15) is 0 Å². The minimum atomic E-state index is 0.331. The van der Waals surface area contributed by atoms with Gasteiger partial charge in [0.15, 0.2) is 5.50 Å². The average molecular weight is 240 g/mol. The summed E-state index contributed by atoms with van der Waals surface area (Å²) in [6.45, 7) is 0. The summed E-state index contributed by atoms with van der Waals surface area (Å²) >= 11 is 1.84. The van der Waals surface area contributed by atoms with Crippen molar-refractivity contribution in [3.63, 3.8) is 0 Å². The summed E-state index contributed by atoms with van der Waals surface area (Å²) in [7, 11) is 0. The van der Waals surface area contributed by atoms with Crippen LogP contribution in [0.5, 0.6) is 0 Å². The molecule has 2 nitrogen and oxygen atoms in total. The maximum Gasteiger partial charge on any atom is 0.153 e. The third-order valence-corrected chi connectivity index (χ3v) is 4.39. The number of anilines is 2. The van der Waals surface area contributed by atoms with E-state index >= 15 is 0 Å². The summed E-state index contributed by atoms with van der Waals surface area (Å²) in [5, 5.41) is 5.82. The molecule has 2 aliphatic heterocycles. The first-order chi connectivity index (χ1) is 8.43. The molecule has 0 aromatic heterocycles. The van der Waals surface area contributed by atoms with E-state index in [0.29, 0.717) is 11.5 Å². The summed E-state index contributed by atoms with van der Waals surface area (Å²) in [5.41, 5.74) is 4.26. The molecule has 4 rings (SSSR count). The van der Waals surface area contributed by atoms with Gasteiger partial charge in [0.05, 0.1) is 17.4 Å². The summed E-state index contributed by atoms with van der Waals surface area (Å²) in [6.07, 6.45) is 8.71. The van der Waals surface area contributed by atoms with Gasteiger partial charge in [-0.1, -0.05) is 48.2 Å². The zero-order valence-corrected chi connectivity index (χ0v) is 10.0. The van der Waals surface area contributed by atoms with Crippen molar-refractivity contribution in [2.45, 2.75) is 11.5 Å². The molecule has 0 fully saturated rings. The lowest BCUT2D eigenvalue weighted by Gasteiger charge is -2.37. The topological polar surface area (TPSA) is 15.3 Å². The zero-order chi connectivity index (χ0) is 11.2. The Morgan fingerprint density at radius 1 is 1.18 bits per heavy atom. The van der Waals surface area contributed by atoms with Crippen LogP contribution in [0, 0.1) is 0 Å². The number of allylic oxidation sites excluding steroid dienone is 2. The van der Waals surface area contributed by atoms with Crippen molar-refractivity contribution in [2.24, 2.45) is 0 Å². The van der Waals surface area contributed by atoms with E-state index in [2.05, 4.69) is 64.2 Å². The monoisotopic (exact) mass is 240 g/mol. The quantitative estimate of drug-likeness (QED) is 0.749. The molecule has 0 spiro atoms. The number of para-hydroxylation sites is 2. The van der Waals surface area contributed by atoms with Crippen molar-refractivity contribution in [3.05, 3.63) is 59.6 Å². The van der Waals surface area contributed by atoms with Crippen LogP contribution in [0.3, 0.4) is 0 Å². The third kappa shape index (κ3) is 1.29. The number of benzene rings is 1. The Hall–Kier alpha value is -1.61. The van der Waals surface area contributed by atoms with Crippen LogP contribution in [-0.2, 0) is 0 Å². The van der Waals surface area contributed by atoms with Crippen LogP contribution >= 0.6 is 11.8 Å². The maximum absolute atomic E-state index is 3.56. The second-order valence-corrected chi connectivity index (χ2v) is 5.32. The average Bonchev–Trinajstić information content (AvgIpc) is 2.77. The second-order valence-electron chi connectivity index (χ2n) is 4.36. The highest BCUT2D eigenvalue weighted by Crippen LogP contribution is 2.45. The van der Waals surface area contributed by atoms with E-state index < -0.39 is 0 Å². The van der Waals surface area contributed by atoms with E-state index in [4.69, 9.17) is 0 Å². The van der Waals surface area contributed by atoms with E-state index in [1.807, 2.05) is 11.8 Å². The third-order valence-electron chi connectivity index (χ3n) is 3.38. The van der Waals surface area contributed by atoms with Gasteiger partial charge in [0.2, 0.25) is 0 Å². The number of nitrogens with zero attached hydrogens (tertiary/aromatic N) is 1. The molecule has 0 radical (unpaired) electrons. The molecule has 0 bridgehead atoms. The van der Waals surface area contributed by atoms with Crippen LogP contribution in [0.25, 0.3) is 0 Å². The van der Waals surface area contributed by atoms with Gasteiger partial charge < -0.3 is 10.2 Å². The van der Waals surface area contributed by atoms with E-state index in [0.717, 1.165) is 0 Å². The molecule has 0 unspecified atom stereocenters. The highest BCUT2D eigenvalue weighted by Gasteiger charge is 2.37. The lowest BCUT2D eigenvalue weighted by atomic mass is 10.0. The first kappa shape index (κ1) is 9.42. The van der Waals surface area contributed by atoms with E-state index in [9.17, 15) is 0 Å². The van der Waals surface area contributed by atoms with Gasteiger partial charge in [-0.3, -0.25) is 0 Å². The van der Waals surface area contributed by atoms with Crippen molar-refractivity contribution < 1.29 is 0 Å². The Morgan fingerprint density at radius 2 is 2.12 bits per heavy atom. The van der Waals surface area contributed by atoms with Gasteiger partial charge in [-0.15, -0.1) is 0 Å². The molecule has 0 saturated carbocycles. The lowest BCUT2D eigenvalue weighted by Crippen LogP contribution is -2.43. The predicted octanol–water partition coefficient (Wildman–Crippen LogP) is 3.33. The molecule has 84 valence electrons. The number of nitrogens with one attached hydrogen (secondary N) is 1. The Labute approximate surface area is 105 Å². The van der Waals surface area contributed by atoms with Crippen molar-refractivity contribution in [3.8, 4) is 0 Å². The van der Waals surface area contributed by atoms with Gasteiger partial charge in [-0.25, -0.2) is 0 Å². The minimum absolute atomic E-state index is 0.331. The molecule has 2 heterocycles. The molecule has 1 aromatic rings. The number of fused-ring (bicyclic) bond motifs is 5. The van der Waals surface area contributed by atoms with Gasteiger partial charge in [0.1, 0.15) is 0 Å². The first-order valence-corrected chi connectivity index (χ1v) is 6.72. The normalized spacial score (nSPS) is 28.0. The van der Waals surface area contributed by atoms with Gasteiger partial charge in [0.25, 0.3) is 0 Å². The molecule has 1 N–H and O–H groups in total. The SMILES string of the molecule is C1=CC2=CS[C@@H]3Nc4ccccc4N3[C@H]2C=C1. The number of hydrogen-bond donors (Lipinski definition) is 1. The van der Waals surface area contributed by atoms with Crippen molar-refractivity contribution in [1.29, 1.82) is 0 Å². The Morgan fingerprint density at radius 3 is 3.12 bits per heavy atom. The summed E-state index contributed by atoms with van der Waals surface area (Å²) in [6, 6.07) is 8.91. The smallest absolute Gasteiger partial charge is 0.153 e. The molecule has 0 saturated heterocycles. The van der Waals surface area contributed by atoms with E-state index in [-0.39, 0.29) is 0 Å². The molecular weight excluding hydrogens is 228 g/mol. The molecule has 1 aromatic carbocycles. The molecule has 1 aliphatic carbocycles. The zero-order valence-electron chi connectivity index (χ0n) is 9.21. The van der Waals surface area contributed by atoms with Crippen molar-refractivity contribution in [2.75, 3.05) is 10.2 Å². The fourth-order valence-corrected chi connectivity index (χ4v) is 3.67. The Bertz CT molecular complexity index is 559. The van der Waals surface area contributed by atoms with Crippen molar-refractivity contribution in [1.82, 2.24) is 0 Å². The molecule has 2 atom stereocenters. The summed E-state index contributed by atoms with van der Waals surface area (Å²) in [4.78, 5) is 2.45. The second kappa shape index (κ2) is 3.44. The fourth-order valence-electron chi connectivity index (χ4n) is 2.60. The standard InChI is InChI=1S/C14H12N2S/c1-3-7-12-10(5-1)9-17-14-15-11-6-2-4-8-13(11)16(12)14/h1-9,12,14-15H/t12-,14+/m0/s1. The van der Waals surface area contributed by atoms with Crippen LogP contribution in [0.4, 0.5) is 11.4 Å². The van der Waals surface area contributed by atoms with Crippen LogP contribution in [0.15, 0.2) is 59.6 Å². The highest BCUT2D eigenvalue weighted by atomic mass is 32.2. The van der Waals surface area contributed by atoms with Crippen LogP contribution in [0.1, 0.15) is 0 Å². The number of rotatable bonds is 0. The Kier molecular flexibility index (Phi) is 1.91. The van der Waals surface area contributed by atoms with Crippen molar-refractivity contribution >= 4 is 23.1 Å². The van der Waals surface area contributed by atoms with E-state index in [1.165, 1.54) is 16.9 Å². The summed E-state index contributed by atoms with van der Waals surface area (Å²) < 4.78 is 0. The molecular formula is C14H12N2S. The summed E-state index contributed by atoms with van der Waals surface area (Å²) in [5.74, 6) is 0. The lowest BCUT2D eigenvalue weighted by molar-refractivity contribution is 0.782. The van der Waals surface area contributed by atoms with Gasteiger partial charge in [-0.05, 0) is 23.1 Å². The largest absolute Gasteiger partial charge is 0.355 e. The fraction of sp³-hybridized carbons (Fsp3) is 0.143. The van der Waals surface area contributed by atoms with Gasteiger partial charge in [0, 0.05) is 0 Å². The molecule has 3 heteroatoms. The van der Waals surface area contributed by atoms with Gasteiger partial charge >= 0.3 is 0 Å². The number of hydrogen-bond acceptors (Lipinski definition) is 3. The van der Waals surface area contributed by atoms with Crippen LogP contribution in [0.2, 0.25) is 0 Å². The predicted molar refractivity (Wildman–Crippen MR) is 74.1 cm³/mol. The van der Waals surface area contributed by atoms with Crippen LogP contribution in [-0.4, -0.2) is 11.5 Å². The first-order valence-electron chi connectivity index (χ1n) is 5.78. The molecule has 3 aliphatic rings. The molecule has 17 heavy (non-hydrogen) atoms. The Balaban J connectivity index is 1.84. The highest BCUT2D eigenvalue weighted by molar-refractivity contribution is 8.03. The molecule has 0 amide bonds. The minimum Gasteiger partial charge on any atom is -0.355 e. The van der Waals surface area contributed by atoms with E-state index in [1.54, 1.807) is 0 Å². The maximum atomic E-state index is 3.56. The van der Waals surface area contributed by atoms with Crippen LogP contribution < -0.4 is 10.2 Å². The number of thioether (sulfide) groups is 1.